The molecule has 0 heterocycles. The fourth-order valence-corrected chi connectivity index (χ4v) is 2.55. The van der Waals surface area contributed by atoms with Crippen molar-refractivity contribution in [1.82, 2.24) is 5.32 Å². The number of sulfone groups is 1. The Kier molecular flexibility index (Phi) is 5.83. The monoisotopic (exact) mass is 319 g/mol. The van der Waals surface area contributed by atoms with Gasteiger partial charge in [-0.15, -0.1) is 0 Å². The Morgan fingerprint density at radius 1 is 1.29 bits per heavy atom. The van der Waals surface area contributed by atoms with Gasteiger partial charge >= 0.3 is 0 Å². The second kappa shape index (κ2) is 6.98. The fourth-order valence-electron chi connectivity index (χ4n) is 1.77. The molecule has 1 rings (SSSR count). The van der Waals surface area contributed by atoms with Crippen LogP contribution in [0, 0.1) is 11.6 Å². The van der Waals surface area contributed by atoms with E-state index in [1.54, 1.807) is 6.92 Å². The van der Waals surface area contributed by atoms with Gasteiger partial charge in [0.05, 0.1) is 11.3 Å². The van der Waals surface area contributed by atoms with E-state index in [2.05, 4.69) is 5.32 Å². The fraction of sp³-hybridized carbons (Fsp3) is 0.500. The van der Waals surface area contributed by atoms with E-state index < -0.39 is 44.4 Å². The number of benzene rings is 1. The molecule has 1 N–H and O–H groups in total. The maximum Gasteiger partial charge on any atom is 0.235 e. The lowest BCUT2D eigenvalue weighted by atomic mass is 10.0. The summed E-state index contributed by atoms with van der Waals surface area (Å²) in [5, 5.41) is 1.77. The maximum absolute atomic E-state index is 13.7. The van der Waals surface area contributed by atoms with E-state index in [1.165, 1.54) is 13.8 Å². The molecule has 4 nitrogen and oxygen atoms in total. The van der Waals surface area contributed by atoms with Crippen molar-refractivity contribution in [3.63, 3.8) is 0 Å². The Morgan fingerprint density at radius 2 is 1.90 bits per heavy atom. The van der Waals surface area contributed by atoms with Crippen molar-refractivity contribution in [2.45, 2.75) is 38.5 Å². The first-order chi connectivity index (χ1) is 9.67. The minimum Gasteiger partial charge on any atom is -0.348 e. The smallest absolute Gasteiger partial charge is 0.235 e. The quantitative estimate of drug-likeness (QED) is 0.875. The Balaban J connectivity index is 2.88. The first-order valence-corrected chi connectivity index (χ1v) is 8.34. The normalized spacial score (nSPS) is 13.2. The van der Waals surface area contributed by atoms with E-state index in [-0.39, 0.29) is 5.56 Å². The van der Waals surface area contributed by atoms with E-state index in [0.717, 1.165) is 18.2 Å². The number of amides is 1. The number of carbonyl (C=O) groups excluding carboxylic acids is 1. The first kappa shape index (κ1) is 17.6. The summed E-state index contributed by atoms with van der Waals surface area (Å²) in [6, 6.07) is 2.19. The predicted octanol–water partition coefficient (Wildman–Crippen LogP) is 2.36. The summed E-state index contributed by atoms with van der Waals surface area (Å²) in [5.74, 6) is -2.65. The molecule has 0 fully saturated rings. The van der Waals surface area contributed by atoms with Gasteiger partial charge in [0.25, 0.3) is 0 Å². The van der Waals surface area contributed by atoms with E-state index >= 15 is 0 Å². The van der Waals surface area contributed by atoms with Crippen molar-refractivity contribution in [3.8, 4) is 0 Å². The Hall–Kier alpha value is -1.50. The van der Waals surface area contributed by atoms with Crippen LogP contribution >= 0.6 is 0 Å². The van der Waals surface area contributed by atoms with Crippen LogP contribution in [0.4, 0.5) is 8.78 Å². The third-order valence-electron chi connectivity index (χ3n) is 3.13. The number of hydrogen-bond acceptors (Lipinski definition) is 3. The predicted molar refractivity (Wildman–Crippen MR) is 76.5 cm³/mol. The molecule has 0 bridgehead atoms. The number of rotatable bonds is 6. The summed E-state index contributed by atoms with van der Waals surface area (Å²) >= 11 is 0. The van der Waals surface area contributed by atoms with Crippen LogP contribution in [0.2, 0.25) is 0 Å². The average molecular weight is 319 g/mol. The van der Waals surface area contributed by atoms with Crippen LogP contribution in [0.1, 0.15) is 38.8 Å². The van der Waals surface area contributed by atoms with Gasteiger partial charge in [-0.05, 0) is 38.5 Å². The molecule has 1 atom stereocenters. The molecule has 0 aromatic heterocycles. The Morgan fingerprint density at radius 3 is 2.43 bits per heavy atom. The van der Waals surface area contributed by atoms with Gasteiger partial charge in [-0.1, -0.05) is 6.92 Å². The highest BCUT2D eigenvalue weighted by atomic mass is 32.2. The van der Waals surface area contributed by atoms with Crippen LogP contribution in [0.15, 0.2) is 18.2 Å². The topological polar surface area (TPSA) is 63.2 Å². The number of nitrogens with one attached hydrogen (secondary N) is 1. The molecule has 1 aromatic carbocycles. The van der Waals surface area contributed by atoms with Crippen LogP contribution in [-0.2, 0) is 14.6 Å². The van der Waals surface area contributed by atoms with E-state index in [0.29, 0.717) is 6.42 Å². The van der Waals surface area contributed by atoms with Crippen LogP contribution in [0.25, 0.3) is 0 Å². The number of hydrogen-bond donors (Lipinski definition) is 1. The van der Waals surface area contributed by atoms with Gasteiger partial charge in [-0.3, -0.25) is 4.79 Å². The maximum atomic E-state index is 13.7. The molecule has 0 aliphatic carbocycles. The molecule has 0 radical (unpaired) electrons. The highest BCUT2D eigenvalue weighted by molar-refractivity contribution is 7.92. The summed E-state index contributed by atoms with van der Waals surface area (Å²) in [7, 11) is -3.53. The van der Waals surface area contributed by atoms with Crippen LogP contribution in [0.3, 0.4) is 0 Å². The lowest BCUT2D eigenvalue weighted by Crippen LogP contribution is -2.35. The van der Waals surface area contributed by atoms with E-state index in [4.69, 9.17) is 0 Å². The zero-order valence-corrected chi connectivity index (χ0v) is 13.0. The van der Waals surface area contributed by atoms with Gasteiger partial charge in [-0.25, -0.2) is 17.2 Å². The van der Waals surface area contributed by atoms with Crippen molar-refractivity contribution < 1.29 is 22.0 Å². The highest BCUT2D eigenvalue weighted by Gasteiger charge is 2.23. The number of carbonyl (C=O) groups is 1. The summed E-state index contributed by atoms with van der Waals surface area (Å²) < 4.78 is 50.2. The molecule has 7 heteroatoms. The van der Waals surface area contributed by atoms with Crippen molar-refractivity contribution in [1.29, 1.82) is 0 Å². The Bertz CT molecular complexity index is 615. The molecule has 0 spiro atoms. The van der Waals surface area contributed by atoms with Crippen molar-refractivity contribution >= 4 is 15.7 Å². The SMILES string of the molecule is CC[C@H](NC(=O)CS(=O)(=O)C(C)C)c1cc(F)ccc1F. The molecule has 0 saturated carbocycles. The molecule has 0 aliphatic rings. The van der Waals surface area contributed by atoms with E-state index in [9.17, 15) is 22.0 Å². The minimum absolute atomic E-state index is 0.00722. The largest absolute Gasteiger partial charge is 0.348 e. The van der Waals surface area contributed by atoms with Gasteiger partial charge in [0.15, 0.2) is 9.84 Å². The molecular weight excluding hydrogens is 300 g/mol. The van der Waals surface area contributed by atoms with Crippen molar-refractivity contribution in [2.75, 3.05) is 5.75 Å². The number of halogens is 2. The lowest BCUT2D eigenvalue weighted by molar-refractivity contribution is -0.119. The summed E-state index contributed by atoms with van der Waals surface area (Å²) in [6.07, 6.45) is 0.313. The second-order valence-corrected chi connectivity index (χ2v) is 7.61. The molecule has 21 heavy (non-hydrogen) atoms. The third kappa shape index (κ3) is 4.77. The van der Waals surface area contributed by atoms with Crippen LogP contribution < -0.4 is 5.32 Å². The van der Waals surface area contributed by atoms with Gasteiger partial charge < -0.3 is 5.32 Å². The molecule has 0 unspecified atom stereocenters. The summed E-state index contributed by atoms with van der Waals surface area (Å²) in [6.45, 7) is 4.64. The van der Waals surface area contributed by atoms with Gasteiger partial charge in [-0.2, -0.15) is 0 Å². The molecular formula is C14H19F2NO3S. The van der Waals surface area contributed by atoms with Crippen molar-refractivity contribution in [3.05, 3.63) is 35.4 Å². The van der Waals surface area contributed by atoms with Gasteiger partial charge in [0.2, 0.25) is 5.91 Å². The molecule has 1 aromatic rings. The van der Waals surface area contributed by atoms with E-state index in [1.807, 2.05) is 0 Å². The third-order valence-corrected chi connectivity index (χ3v) is 5.23. The molecule has 0 aliphatic heterocycles. The van der Waals surface area contributed by atoms with Crippen LogP contribution in [-0.4, -0.2) is 25.3 Å². The first-order valence-electron chi connectivity index (χ1n) is 6.63. The minimum atomic E-state index is -3.53. The summed E-state index contributed by atoms with van der Waals surface area (Å²) in [5.41, 5.74) is 0.00722. The van der Waals surface area contributed by atoms with Gasteiger partial charge in [0, 0.05) is 5.56 Å². The van der Waals surface area contributed by atoms with Gasteiger partial charge in [0.1, 0.15) is 17.4 Å². The van der Waals surface area contributed by atoms with Crippen molar-refractivity contribution in [2.24, 2.45) is 0 Å². The highest BCUT2D eigenvalue weighted by Crippen LogP contribution is 2.21. The zero-order chi connectivity index (χ0) is 16.2. The molecule has 118 valence electrons. The molecule has 1 amide bonds. The second-order valence-electron chi connectivity index (χ2n) is 5.05. The standard InChI is InChI=1S/C14H19F2NO3S/c1-4-13(11-7-10(15)5-6-12(11)16)17-14(18)8-21(19,20)9(2)3/h5-7,9,13H,4,8H2,1-3H3,(H,17,18)/t13-/m0/s1. The Labute approximate surface area is 123 Å². The molecule has 0 saturated heterocycles. The summed E-state index contributed by atoms with van der Waals surface area (Å²) in [4.78, 5) is 11.8. The zero-order valence-electron chi connectivity index (χ0n) is 12.2. The average Bonchev–Trinajstić information content (AvgIpc) is 2.38. The lowest BCUT2D eigenvalue weighted by Gasteiger charge is -2.18. The van der Waals surface area contributed by atoms with Crippen LogP contribution in [0.5, 0.6) is 0 Å².